The molecule has 2 aliphatic rings. The average molecular weight is 493 g/mol. The van der Waals surface area contributed by atoms with E-state index in [4.69, 9.17) is 4.74 Å². The molecule has 3 heterocycles. The van der Waals surface area contributed by atoms with Crippen molar-refractivity contribution in [2.24, 2.45) is 0 Å². The summed E-state index contributed by atoms with van der Waals surface area (Å²) in [6.45, 7) is 3.75. The van der Waals surface area contributed by atoms with E-state index in [1.807, 2.05) is 5.10 Å². The second-order valence-corrected chi connectivity index (χ2v) is 8.58. The summed E-state index contributed by atoms with van der Waals surface area (Å²) >= 11 is 0. The zero-order chi connectivity index (χ0) is 25.2. The predicted octanol–water partition coefficient (Wildman–Crippen LogP) is 2.14. The van der Waals surface area contributed by atoms with Gasteiger partial charge in [0.2, 0.25) is 5.91 Å². The van der Waals surface area contributed by atoms with Gasteiger partial charge in [-0.2, -0.15) is 18.3 Å². The number of aromatic nitrogens is 2. The molecule has 1 N–H and O–H groups in total. The number of carbonyl (C=O) groups excluding carboxylic acids is 2. The second-order valence-electron chi connectivity index (χ2n) is 8.58. The number of hydrogen-bond acceptors (Lipinski definition) is 6. The molecule has 0 aliphatic carbocycles. The Morgan fingerprint density at radius 1 is 1.14 bits per heavy atom. The molecule has 4 rings (SSSR count). The third kappa shape index (κ3) is 5.41. The first-order chi connectivity index (χ1) is 16.6. The third-order valence-electron chi connectivity index (χ3n) is 6.34. The number of benzene rings is 1. The number of rotatable bonds is 5. The molecule has 0 saturated carbocycles. The zero-order valence-electron chi connectivity index (χ0n) is 19.2. The van der Waals surface area contributed by atoms with E-state index < -0.39 is 23.3 Å². The molecule has 2 amide bonds. The molecule has 1 aromatic carbocycles. The van der Waals surface area contributed by atoms with E-state index in [9.17, 15) is 27.6 Å². The van der Waals surface area contributed by atoms with Crippen molar-refractivity contribution in [1.29, 1.82) is 0 Å². The van der Waals surface area contributed by atoms with Gasteiger partial charge in [-0.25, -0.2) is 5.10 Å². The Morgan fingerprint density at radius 3 is 2.54 bits per heavy atom. The Bertz CT molecular complexity index is 1140. The van der Waals surface area contributed by atoms with Gasteiger partial charge in [0.05, 0.1) is 17.9 Å². The minimum atomic E-state index is -4.82. The summed E-state index contributed by atoms with van der Waals surface area (Å²) < 4.78 is 46.4. The van der Waals surface area contributed by atoms with Crippen molar-refractivity contribution in [2.75, 3.05) is 44.2 Å². The Morgan fingerprint density at radius 2 is 1.86 bits per heavy atom. The van der Waals surface area contributed by atoms with Crippen molar-refractivity contribution in [3.63, 3.8) is 0 Å². The highest BCUT2D eigenvalue weighted by Crippen LogP contribution is 2.36. The van der Waals surface area contributed by atoms with Crippen LogP contribution in [0, 0.1) is 0 Å². The second kappa shape index (κ2) is 9.96. The van der Waals surface area contributed by atoms with Gasteiger partial charge in [0, 0.05) is 45.2 Å². The minimum absolute atomic E-state index is 0.0216. The number of nitrogens with zero attached hydrogens (tertiary/aromatic N) is 4. The van der Waals surface area contributed by atoms with Gasteiger partial charge < -0.3 is 19.4 Å². The van der Waals surface area contributed by atoms with Gasteiger partial charge in [-0.3, -0.25) is 14.4 Å². The Balaban J connectivity index is 1.43. The predicted molar refractivity (Wildman–Crippen MR) is 120 cm³/mol. The first kappa shape index (κ1) is 24.6. The highest BCUT2D eigenvalue weighted by atomic mass is 19.4. The number of anilines is 1. The van der Waals surface area contributed by atoms with Crippen molar-refractivity contribution in [2.45, 2.75) is 32.0 Å². The number of H-pyrrole nitrogens is 1. The number of hydrogen-bond donors (Lipinski definition) is 1. The lowest BCUT2D eigenvalue weighted by Crippen LogP contribution is -2.50. The summed E-state index contributed by atoms with van der Waals surface area (Å²) in [5.41, 5.74) is -2.38. The van der Waals surface area contributed by atoms with Gasteiger partial charge in [0.25, 0.3) is 11.5 Å². The molecule has 2 fully saturated rings. The Labute approximate surface area is 199 Å². The summed E-state index contributed by atoms with van der Waals surface area (Å²) in [6, 6.07) is 6.25. The molecular formula is C23H26F3N5O4. The lowest BCUT2D eigenvalue weighted by molar-refractivity contribution is -0.138. The number of ether oxygens (including phenoxy) is 1. The molecule has 1 atom stereocenters. The first-order valence-electron chi connectivity index (χ1n) is 11.3. The molecule has 0 radical (unpaired) electrons. The van der Waals surface area contributed by atoms with Crippen molar-refractivity contribution >= 4 is 17.5 Å². The van der Waals surface area contributed by atoms with E-state index in [-0.39, 0.29) is 24.1 Å². The molecular weight excluding hydrogens is 467 g/mol. The molecule has 2 saturated heterocycles. The van der Waals surface area contributed by atoms with Crippen LogP contribution in [-0.2, 0) is 11.0 Å². The number of piperazine rings is 1. The molecule has 2 aromatic rings. The topological polar surface area (TPSA) is 98.8 Å². The average Bonchev–Trinajstić information content (AvgIpc) is 3.30. The van der Waals surface area contributed by atoms with Gasteiger partial charge >= 0.3 is 6.18 Å². The normalized spacial score (nSPS) is 18.6. The fraction of sp³-hybridized carbons (Fsp3) is 0.478. The molecule has 9 nitrogen and oxygen atoms in total. The zero-order valence-corrected chi connectivity index (χ0v) is 19.2. The van der Waals surface area contributed by atoms with Gasteiger partial charge in [0.1, 0.15) is 17.9 Å². The summed E-state index contributed by atoms with van der Waals surface area (Å²) in [7, 11) is 0. The van der Waals surface area contributed by atoms with Crippen LogP contribution < -0.4 is 15.2 Å². The fourth-order valence-electron chi connectivity index (χ4n) is 4.52. The molecule has 12 heteroatoms. The van der Waals surface area contributed by atoms with Crippen molar-refractivity contribution < 1.29 is 27.5 Å². The van der Waals surface area contributed by atoms with E-state index in [2.05, 4.69) is 5.10 Å². The smallest absolute Gasteiger partial charge is 0.423 e. The lowest BCUT2D eigenvalue weighted by Gasteiger charge is -2.34. The van der Waals surface area contributed by atoms with E-state index in [0.717, 1.165) is 6.20 Å². The van der Waals surface area contributed by atoms with Crippen LogP contribution in [0.25, 0.3) is 0 Å². The molecule has 0 spiro atoms. The highest BCUT2D eigenvalue weighted by Gasteiger charge is 2.40. The number of aromatic amines is 1. The highest BCUT2D eigenvalue weighted by molar-refractivity contribution is 5.94. The fourth-order valence-corrected chi connectivity index (χ4v) is 4.52. The van der Waals surface area contributed by atoms with E-state index >= 15 is 0 Å². The minimum Gasteiger partial charge on any atom is -0.491 e. The maximum atomic E-state index is 13.5. The van der Waals surface area contributed by atoms with E-state index in [1.165, 1.54) is 11.8 Å². The largest absolute Gasteiger partial charge is 0.491 e. The van der Waals surface area contributed by atoms with Crippen molar-refractivity contribution in [3.05, 3.63) is 51.9 Å². The molecule has 188 valence electrons. The standard InChI is InChI=1S/C23H26F3N5O4/c1-15(32)29-8-10-30(11-9-29)22(34)16-4-2-6-18(12-16)35-14-17-5-3-7-31(17)19-13-27-28-21(33)20(19)23(24,25)26/h2,4,6,12-13,17H,3,5,7-11,14H2,1H3,(H,28,33). The van der Waals surface area contributed by atoms with Gasteiger partial charge in [-0.05, 0) is 31.0 Å². The van der Waals surface area contributed by atoms with Crippen LogP contribution in [0.5, 0.6) is 5.75 Å². The number of halogens is 3. The molecule has 0 bridgehead atoms. The lowest BCUT2D eigenvalue weighted by atomic mass is 10.1. The van der Waals surface area contributed by atoms with Gasteiger partial charge in [0.15, 0.2) is 0 Å². The van der Waals surface area contributed by atoms with Crippen LogP contribution in [-0.4, -0.2) is 77.2 Å². The number of amides is 2. The number of nitrogens with one attached hydrogen (secondary N) is 1. The van der Waals surface area contributed by atoms with Crippen molar-refractivity contribution in [1.82, 2.24) is 20.0 Å². The maximum absolute atomic E-state index is 13.5. The van der Waals surface area contributed by atoms with E-state index in [0.29, 0.717) is 56.9 Å². The van der Waals surface area contributed by atoms with Crippen molar-refractivity contribution in [3.8, 4) is 5.75 Å². The molecule has 2 aliphatic heterocycles. The summed E-state index contributed by atoms with van der Waals surface area (Å²) in [5, 5.41) is 5.42. The van der Waals surface area contributed by atoms with Crippen LogP contribution in [0.1, 0.15) is 35.7 Å². The maximum Gasteiger partial charge on any atom is 0.423 e. The number of carbonyl (C=O) groups is 2. The van der Waals surface area contributed by atoms with E-state index in [1.54, 1.807) is 34.1 Å². The van der Waals surface area contributed by atoms with Gasteiger partial charge in [-0.1, -0.05) is 6.07 Å². The monoisotopic (exact) mass is 493 g/mol. The molecule has 1 unspecified atom stereocenters. The molecule has 35 heavy (non-hydrogen) atoms. The Hall–Kier alpha value is -3.57. The first-order valence-corrected chi connectivity index (χ1v) is 11.3. The Kier molecular flexibility index (Phi) is 6.99. The summed E-state index contributed by atoms with van der Waals surface area (Å²) in [5.74, 6) is 0.224. The summed E-state index contributed by atoms with van der Waals surface area (Å²) in [4.78, 5) is 41.1. The SMILES string of the molecule is CC(=O)N1CCN(C(=O)c2cccc(OCC3CCCN3c3cn[nH]c(=O)c3C(F)(F)F)c2)CC1. The number of alkyl halides is 3. The van der Waals surface area contributed by atoms with Crippen LogP contribution in [0.2, 0.25) is 0 Å². The van der Waals surface area contributed by atoms with Crippen LogP contribution in [0.15, 0.2) is 35.3 Å². The van der Waals surface area contributed by atoms with Gasteiger partial charge in [-0.15, -0.1) is 0 Å². The summed E-state index contributed by atoms with van der Waals surface area (Å²) in [6.07, 6.45) is -2.57. The molecule has 1 aromatic heterocycles. The quantitative estimate of drug-likeness (QED) is 0.686. The van der Waals surface area contributed by atoms with Crippen LogP contribution >= 0.6 is 0 Å². The third-order valence-corrected chi connectivity index (χ3v) is 6.34. The van der Waals surface area contributed by atoms with Crippen LogP contribution in [0.3, 0.4) is 0 Å². The van der Waals surface area contributed by atoms with Crippen LogP contribution in [0.4, 0.5) is 18.9 Å².